The number of aryl methyl sites for hydroxylation is 1. The molecule has 1 aromatic carbocycles. The Balaban J connectivity index is 2.86. The SMILES string of the molecule is CCCCOc1ccc(S(=O)(=O)N[C@@H](CC)CO)cc1C. The van der Waals surface area contributed by atoms with Crippen LogP contribution in [-0.4, -0.2) is 32.8 Å². The van der Waals surface area contributed by atoms with E-state index in [1.54, 1.807) is 12.1 Å². The summed E-state index contributed by atoms with van der Waals surface area (Å²) in [5.74, 6) is 0.705. The second-order valence-corrected chi connectivity index (χ2v) is 6.75. The molecule has 0 aliphatic heterocycles. The predicted octanol–water partition coefficient (Wildman–Crippen LogP) is 2.22. The maximum atomic E-state index is 12.2. The van der Waals surface area contributed by atoms with Gasteiger partial charge in [0.25, 0.3) is 0 Å². The van der Waals surface area contributed by atoms with E-state index in [4.69, 9.17) is 9.84 Å². The highest BCUT2D eigenvalue weighted by atomic mass is 32.2. The smallest absolute Gasteiger partial charge is 0.240 e. The highest BCUT2D eigenvalue weighted by Crippen LogP contribution is 2.22. The lowest BCUT2D eigenvalue weighted by Gasteiger charge is -2.15. The van der Waals surface area contributed by atoms with Crippen molar-refractivity contribution >= 4 is 10.0 Å². The average Bonchev–Trinajstić information content (AvgIpc) is 2.46. The van der Waals surface area contributed by atoms with E-state index in [9.17, 15) is 8.42 Å². The molecule has 0 aliphatic rings. The fraction of sp³-hybridized carbons (Fsp3) is 0.600. The molecule has 0 aromatic heterocycles. The molecule has 0 radical (unpaired) electrons. The van der Waals surface area contributed by atoms with Crippen LogP contribution < -0.4 is 9.46 Å². The molecule has 0 fully saturated rings. The Kier molecular flexibility index (Phi) is 7.14. The second-order valence-electron chi connectivity index (χ2n) is 5.04. The number of benzene rings is 1. The predicted molar refractivity (Wildman–Crippen MR) is 83.1 cm³/mol. The highest BCUT2D eigenvalue weighted by Gasteiger charge is 2.19. The van der Waals surface area contributed by atoms with E-state index in [1.807, 2.05) is 13.8 Å². The van der Waals surface area contributed by atoms with Gasteiger partial charge in [-0.2, -0.15) is 0 Å². The van der Waals surface area contributed by atoms with E-state index in [0.717, 1.165) is 18.4 Å². The van der Waals surface area contributed by atoms with Crippen LogP contribution in [0.15, 0.2) is 23.1 Å². The van der Waals surface area contributed by atoms with Crippen molar-refractivity contribution in [2.24, 2.45) is 0 Å². The molecule has 0 saturated heterocycles. The Hall–Kier alpha value is -1.11. The Morgan fingerprint density at radius 1 is 1.33 bits per heavy atom. The first-order chi connectivity index (χ1) is 9.94. The molecule has 6 heteroatoms. The number of aliphatic hydroxyl groups is 1. The molecule has 0 heterocycles. The van der Waals surface area contributed by atoms with Gasteiger partial charge in [-0.1, -0.05) is 20.3 Å². The van der Waals surface area contributed by atoms with Crippen molar-refractivity contribution in [1.29, 1.82) is 0 Å². The molecule has 0 spiro atoms. The van der Waals surface area contributed by atoms with Crippen LogP contribution in [0.5, 0.6) is 5.75 Å². The van der Waals surface area contributed by atoms with Crippen molar-refractivity contribution in [3.8, 4) is 5.75 Å². The van der Waals surface area contributed by atoms with E-state index in [-0.39, 0.29) is 11.5 Å². The normalized spacial score (nSPS) is 13.1. The van der Waals surface area contributed by atoms with Crippen molar-refractivity contribution in [3.05, 3.63) is 23.8 Å². The van der Waals surface area contributed by atoms with Gasteiger partial charge in [0.1, 0.15) is 5.75 Å². The van der Waals surface area contributed by atoms with E-state index in [1.165, 1.54) is 6.07 Å². The maximum absolute atomic E-state index is 12.2. The summed E-state index contributed by atoms with van der Waals surface area (Å²) in [4.78, 5) is 0.190. The number of sulfonamides is 1. The van der Waals surface area contributed by atoms with E-state index in [2.05, 4.69) is 11.6 Å². The molecule has 0 unspecified atom stereocenters. The van der Waals surface area contributed by atoms with Crippen molar-refractivity contribution < 1.29 is 18.3 Å². The Labute approximate surface area is 127 Å². The molecule has 0 aliphatic carbocycles. The minimum Gasteiger partial charge on any atom is -0.493 e. The van der Waals surface area contributed by atoms with E-state index in [0.29, 0.717) is 18.8 Å². The van der Waals surface area contributed by atoms with Crippen LogP contribution in [0.4, 0.5) is 0 Å². The molecule has 1 rings (SSSR count). The van der Waals surface area contributed by atoms with Crippen LogP contribution in [0.1, 0.15) is 38.7 Å². The molecule has 1 atom stereocenters. The maximum Gasteiger partial charge on any atom is 0.240 e. The summed E-state index contributed by atoms with van der Waals surface area (Å²) >= 11 is 0. The first kappa shape index (κ1) is 17.9. The lowest BCUT2D eigenvalue weighted by atomic mass is 10.2. The zero-order valence-electron chi connectivity index (χ0n) is 12.9. The van der Waals surface area contributed by atoms with Gasteiger partial charge in [-0.05, 0) is 43.5 Å². The Bertz CT molecular complexity index is 539. The van der Waals surface area contributed by atoms with Crippen LogP contribution in [-0.2, 0) is 10.0 Å². The van der Waals surface area contributed by atoms with Gasteiger partial charge in [0.2, 0.25) is 10.0 Å². The van der Waals surface area contributed by atoms with Crippen molar-refractivity contribution in [3.63, 3.8) is 0 Å². The van der Waals surface area contributed by atoms with Crippen LogP contribution in [0, 0.1) is 6.92 Å². The molecular weight excluding hydrogens is 290 g/mol. The zero-order chi connectivity index (χ0) is 15.9. The van der Waals surface area contributed by atoms with Gasteiger partial charge in [0.05, 0.1) is 18.1 Å². The van der Waals surface area contributed by atoms with Gasteiger partial charge >= 0.3 is 0 Å². The van der Waals surface area contributed by atoms with Crippen LogP contribution in [0.3, 0.4) is 0 Å². The third-order valence-electron chi connectivity index (χ3n) is 3.25. The standard InChI is InChI=1S/C15H25NO4S/c1-4-6-9-20-15-8-7-14(10-12(15)3)21(18,19)16-13(5-2)11-17/h7-8,10,13,16-17H,4-6,9,11H2,1-3H3/t13-/m0/s1. The minimum atomic E-state index is -3.61. The Morgan fingerprint density at radius 3 is 2.57 bits per heavy atom. The molecule has 0 amide bonds. The van der Waals surface area contributed by atoms with Gasteiger partial charge in [-0.3, -0.25) is 0 Å². The van der Waals surface area contributed by atoms with Gasteiger partial charge < -0.3 is 9.84 Å². The third kappa shape index (κ3) is 5.30. The number of nitrogens with one attached hydrogen (secondary N) is 1. The molecule has 1 aromatic rings. The first-order valence-corrected chi connectivity index (χ1v) is 8.79. The molecular formula is C15H25NO4S. The molecule has 21 heavy (non-hydrogen) atoms. The van der Waals surface area contributed by atoms with Gasteiger partial charge in [-0.15, -0.1) is 0 Å². The van der Waals surface area contributed by atoms with Gasteiger partial charge in [0, 0.05) is 6.04 Å². The van der Waals surface area contributed by atoms with Crippen LogP contribution in [0.2, 0.25) is 0 Å². The monoisotopic (exact) mass is 315 g/mol. The summed E-state index contributed by atoms with van der Waals surface area (Å²) < 4.78 is 32.5. The van der Waals surface area contributed by atoms with Crippen molar-refractivity contribution in [2.45, 2.75) is 51.0 Å². The zero-order valence-corrected chi connectivity index (χ0v) is 13.7. The molecule has 120 valence electrons. The third-order valence-corrected chi connectivity index (χ3v) is 4.77. The van der Waals surface area contributed by atoms with E-state index >= 15 is 0 Å². The van der Waals surface area contributed by atoms with Crippen LogP contribution in [0.25, 0.3) is 0 Å². The number of hydrogen-bond acceptors (Lipinski definition) is 4. The minimum absolute atomic E-state index is 0.190. The summed E-state index contributed by atoms with van der Waals surface area (Å²) in [5, 5.41) is 9.11. The van der Waals surface area contributed by atoms with Crippen molar-refractivity contribution in [1.82, 2.24) is 4.72 Å². The highest BCUT2D eigenvalue weighted by molar-refractivity contribution is 7.89. The summed E-state index contributed by atoms with van der Waals surface area (Å²) in [5.41, 5.74) is 0.783. The summed E-state index contributed by atoms with van der Waals surface area (Å²) in [6.07, 6.45) is 2.55. The Morgan fingerprint density at radius 2 is 2.05 bits per heavy atom. The largest absolute Gasteiger partial charge is 0.493 e. The average molecular weight is 315 g/mol. The molecule has 0 bridgehead atoms. The lowest BCUT2D eigenvalue weighted by molar-refractivity contribution is 0.254. The first-order valence-electron chi connectivity index (χ1n) is 7.31. The number of rotatable bonds is 9. The van der Waals surface area contributed by atoms with Gasteiger partial charge in [-0.25, -0.2) is 13.1 Å². The second kappa shape index (κ2) is 8.36. The summed E-state index contributed by atoms with van der Waals surface area (Å²) in [7, 11) is -3.61. The number of hydrogen-bond donors (Lipinski definition) is 2. The number of aliphatic hydroxyl groups excluding tert-OH is 1. The topological polar surface area (TPSA) is 75.6 Å². The summed E-state index contributed by atoms with van der Waals surface area (Å²) in [6.45, 7) is 6.14. The molecule has 5 nitrogen and oxygen atoms in total. The van der Waals surface area contributed by atoms with Crippen molar-refractivity contribution in [2.75, 3.05) is 13.2 Å². The van der Waals surface area contributed by atoms with E-state index < -0.39 is 16.1 Å². The quantitative estimate of drug-likeness (QED) is 0.685. The molecule has 0 saturated carbocycles. The number of ether oxygens (including phenoxy) is 1. The fourth-order valence-electron chi connectivity index (χ4n) is 1.81. The molecule has 2 N–H and O–H groups in total. The number of unbranched alkanes of at least 4 members (excludes halogenated alkanes) is 1. The van der Waals surface area contributed by atoms with Gasteiger partial charge in [0.15, 0.2) is 0 Å². The fourth-order valence-corrected chi connectivity index (χ4v) is 3.21. The lowest BCUT2D eigenvalue weighted by Crippen LogP contribution is -2.36. The summed E-state index contributed by atoms with van der Waals surface area (Å²) in [6, 6.07) is 4.34. The van der Waals surface area contributed by atoms with Crippen LogP contribution >= 0.6 is 0 Å².